The number of halogens is 4. The number of hydrogen-bond donors (Lipinski definition) is 3. The van der Waals surface area contributed by atoms with Crippen LogP contribution in [0, 0.1) is 21.0 Å². The van der Waals surface area contributed by atoms with E-state index in [1.165, 1.54) is 12.1 Å². The summed E-state index contributed by atoms with van der Waals surface area (Å²) in [6.07, 6.45) is 0. The Morgan fingerprint density at radius 1 is 1.05 bits per heavy atom. The van der Waals surface area contributed by atoms with Crippen molar-refractivity contribution in [3.05, 3.63) is 45.3 Å². The molecule has 4 nitrogen and oxygen atoms in total. The molecule has 0 radical (unpaired) electrons. The second kappa shape index (κ2) is 5.61. The molecule has 0 aliphatic heterocycles. The van der Waals surface area contributed by atoms with E-state index in [4.69, 9.17) is 5.84 Å². The Labute approximate surface area is 120 Å². The van der Waals surface area contributed by atoms with Gasteiger partial charge in [0, 0.05) is 6.07 Å². The zero-order chi connectivity index (χ0) is 14.0. The number of pyridine rings is 1. The van der Waals surface area contributed by atoms with E-state index in [2.05, 4.69) is 10.3 Å². The fraction of sp³-hybridized carbons (Fsp3) is 0. The molecule has 2 aromatic rings. The number of anilines is 3. The van der Waals surface area contributed by atoms with Gasteiger partial charge in [-0.3, -0.25) is 0 Å². The molecular weight excluding hydrogens is 372 g/mol. The highest BCUT2D eigenvalue weighted by atomic mass is 127. The quantitative estimate of drug-likeness (QED) is 0.435. The maximum atomic E-state index is 13.6. The van der Waals surface area contributed by atoms with Gasteiger partial charge in [-0.05, 0) is 34.7 Å². The van der Waals surface area contributed by atoms with Gasteiger partial charge in [-0.1, -0.05) is 6.07 Å². The summed E-state index contributed by atoms with van der Waals surface area (Å²) in [5.41, 5.74) is 2.33. The van der Waals surface area contributed by atoms with Crippen LogP contribution >= 0.6 is 22.6 Å². The maximum absolute atomic E-state index is 13.6. The molecule has 1 aromatic heterocycles. The first-order valence-electron chi connectivity index (χ1n) is 5.06. The normalized spacial score (nSPS) is 10.4. The molecule has 0 bridgehead atoms. The molecular formula is C11H8F3IN4. The monoisotopic (exact) mass is 380 g/mol. The zero-order valence-corrected chi connectivity index (χ0v) is 11.5. The number of nitrogen functional groups attached to an aromatic ring is 1. The van der Waals surface area contributed by atoms with Crippen LogP contribution < -0.4 is 16.6 Å². The van der Waals surface area contributed by atoms with Crippen molar-refractivity contribution in [1.29, 1.82) is 0 Å². The smallest absolute Gasteiger partial charge is 0.178 e. The summed E-state index contributed by atoms with van der Waals surface area (Å²) in [6, 6.07) is 4.92. The Morgan fingerprint density at radius 3 is 2.42 bits per heavy atom. The van der Waals surface area contributed by atoms with Crippen LogP contribution in [0.2, 0.25) is 0 Å². The van der Waals surface area contributed by atoms with Crippen molar-refractivity contribution in [3.8, 4) is 0 Å². The third-order valence-electron chi connectivity index (χ3n) is 2.27. The van der Waals surface area contributed by atoms with E-state index < -0.39 is 17.5 Å². The molecule has 0 aliphatic carbocycles. The van der Waals surface area contributed by atoms with Crippen molar-refractivity contribution in [2.24, 2.45) is 5.84 Å². The SMILES string of the molecule is NNc1nc(Nc2cccc(F)c2I)c(F)cc1F. The van der Waals surface area contributed by atoms with Crippen LogP contribution in [0.3, 0.4) is 0 Å². The lowest BCUT2D eigenvalue weighted by molar-refractivity contribution is 0.579. The lowest BCUT2D eigenvalue weighted by Crippen LogP contribution is -2.12. The molecule has 0 aliphatic rings. The van der Waals surface area contributed by atoms with Crippen LogP contribution in [0.5, 0.6) is 0 Å². The lowest BCUT2D eigenvalue weighted by atomic mass is 10.3. The number of aromatic nitrogens is 1. The number of nitrogens with one attached hydrogen (secondary N) is 2. The zero-order valence-electron chi connectivity index (χ0n) is 9.35. The molecule has 0 fully saturated rings. The molecule has 100 valence electrons. The van der Waals surface area contributed by atoms with Gasteiger partial charge in [0.2, 0.25) is 0 Å². The Bertz CT molecular complexity index is 621. The van der Waals surface area contributed by atoms with Crippen molar-refractivity contribution in [2.45, 2.75) is 0 Å². The van der Waals surface area contributed by atoms with Crippen molar-refractivity contribution in [2.75, 3.05) is 10.7 Å². The number of rotatable bonds is 3. The van der Waals surface area contributed by atoms with Gasteiger partial charge >= 0.3 is 0 Å². The Kier molecular flexibility index (Phi) is 4.10. The minimum absolute atomic E-state index is 0.252. The van der Waals surface area contributed by atoms with Crippen molar-refractivity contribution < 1.29 is 13.2 Å². The predicted octanol–water partition coefficient (Wildman–Crippen LogP) is 3.13. The Balaban J connectivity index is 2.41. The number of nitrogens with two attached hydrogens (primary N) is 1. The second-order valence-corrected chi connectivity index (χ2v) is 4.60. The molecule has 0 unspecified atom stereocenters. The van der Waals surface area contributed by atoms with Crippen molar-refractivity contribution in [1.82, 2.24) is 4.98 Å². The van der Waals surface area contributed by atoms with Gasteiger partial charge < -0.3 is 10.7 Å². The van der Waals surface area contributed by atoms with Gasteiger partial charge in [0.25, 0.3) is 0 Å². The maximum Gasteiger partial charge on any atom is 0.178 e. The van der Waals surface area contributed by atoms with Gasteiger partial charge in [-0.2, -0.15) is 0 Å². The van der Waals surface area contributed by atoms with Gasteiger partial charge in [-0.15, -0.1) is 0 Å². The molecule has 0 atom stereocenters. The third kappa shape index (κ3) is 2.89. The fourth-order valence-electron chi connectivity index (χ4n) is 1.38. The van der Waals surface area contributed by atoms with Gasteiger partial charge in [0.05, 0.1) is 9.26 Å². The molecule has 8 heteroatoms. The first-order valence-corrected chi connectivity index (χ1v) is 6.14. The Morgan fingerprint density at radius 2 is 1.74 bits per heavy atom. The number of hydrogen-bond acceptors (Lipinski definition) is 4. The largest absolute Gasteiger partial charge is 0.337 e. The molecule has 0 saturated heterocycles. The van der Waals surface area contributed by atoms with Crippen molar-refractivity contribution >= 4 is 39.9 Å². The highest BCUT2D eigenvalue weighted by molar-refractivity contribution is 14.1. The van der Waals surface area contributed by atoms with E-state index in [9.17, 15) is 13.2 Å². The van der Waals surface area contributed by atoms with Crippen LogP contribution in [-0.2, 0) is 0 Å². The van der Waals surface area contributed by atoms with E-state index >= 15 is 0 Å². The average Bonchev–Trinajstić information content (AvgIpc) is 2.38. The first-order chi connectivity index (χ1) is 9.02. The standard InChI is InChI=1S/C11H8F3IN4/c12-5-2-1-3-8(9(5)15)17-10-6(13)4-7(14)11(18-10)19-16/h1-4H,16H2,(H2,17,18,19). The van der Waals surface area contributed by atoms with Gasteiger partial charge in [0.1, 0.15) is 5.82 Å². The number of nitrogens with zero attached hydrogens (tertiary/aromatic N) is 1. The average molecular weight is 380 g/mol. The first kappa shape index (κ1) is 13.9. The minimum atomic E-state index is -0.917. The van der Waals surface area contributed by atoms with E-state index in [1.807, 2.05) is 5.43 Å². The van der Waals surface area contributed by atoms with Gasteiger partial charge in [-0.25, -0.2) is 24.0 Å². The van der Waals surface area contributed by atoms with Gasteiger partial charge in [0.15, 0.2) is 23.3 Å². The second-order valence-electron chi connectivity index (χ2n) is 3.52. The summed E-state index contributed by atoms with van der Waals surface area (Å²) >= 11 is 1.77. The van der Waals surface area contributed by atoms with E-state index in [0.29, 0.717) is 11.8 Å². The summed E-state index contributed by atoms with van der Waals surface area (Å²) < 4.78 is 40.3. The summed E-state index contributed by atoms with van der Waals surface area (Å²) in [4.78, 5) is 3.63. The number of benzene rings is 1. The molecule has 2 rings (SSSR count). The molecule has 0 saturated carbocycles. The fourth-order valence-corrected chi connectivity index (χ4v) is 1.88. The summed E-state index contributed by atoms with van der Waals surface area (Å²) in [5.74, 6) is 2.21. The summed E-state index contributed by atoms with van der Waals surface area (Å²) in [7, 11) is 0. The van der Waals surface area contributed by atoms with Crippen LogP contribution in [-0.4, -0.2) is 4.98 Å². The predicted molar refractivity (Wildman–Crippen MR) is 74.4 cm³/mol. The minimum Gasteiger partial charge on any atom is -0.337 e. The molecule has 0 spiro atoms. The number of hydrazine groups is 1. The Hall–Kier alpha value is -1.55. The van der Waals surface area contributed by atoms with Crippen LogP contribution in [0.25, 0.3) is 0 Å². The van der Waals surface area contributed by atoms with Crippen LogP contribution in [0.15, 0.2) is 24.3 Å². The van der Waals surface area contributed by atoms with E-state index in [-0.39, 0.29) is 15.2 Å². The van der Waals surface area contributed by atoms with Crippen LogP contribution in [0.4, 0.5) is 30.5 Å². The van der Waals surface area contributed by atoms with E-state index in [0.717, 1.165) is 0 Å². The lowest BCUT2D eigenvalue weighted by Gasteiger charge is -2.11. The summed E-state index contributed by atoms with van der Waals surface area (Å²) in [5, 5.41) is 2.59. The highest BCUT2D eigenvalue weighted by Gasteiger charge is 2.13. The highest BCUT2D eigenvalue weighted by Crippen LogP contribution is 2.26. The third-order valence-corrected chi connectivity index (χ3v) is 3.37. The van der Waals surface area contributed by atoms with Crippen LogP contribution in [0.1, 0.15) is 0 Å². The summed E-state index contributed by atoms with van der Waals surface area (Å²) in [6.45, 7) is 0. The molecule has 19 heavy (non-hydrogen) atoms. The molecule has 1 heterocycles. The molecule has 1 aromatic carbocycles. The molecule has 0 amide bonds. The van der Waals surface area contributed by atoms with E-state index in [1.54, 1.807) is 28.7 Å². The van der Waals surface area contributed by atoms with Crippen molar-refractivity contribution in [3.63, 3.8) is 0 Å². The molecule has 4 N–H and O–H groups in total. The topological polar surface area (TPSA) is 63.0 Å².